The van der Waals surface area contributed by atoms with E-state index >= 15 is 0 Å². The van der Waals surface area contributed by atoms with E-state index in [9.17, 15) is 26.4 Å². The molecule has 0 aliphatic heterocycles. The summed E-state index contributed by atoms with van der Waals surface area (Å²) >= 11 is 6.11. The average Bonchev–Trinajstić information content (AvgIpc) is 2.99. The number of halogens is 4. The second kappa shape index (κ2) is 8.24. The molecule has 0 bridgehead atoms. The van der Waals surface area contributed by atoms with Gasteiger partial charge in [0.15, 0.2) is 0 Å². The number of carbonyl (C=O) groups is 1. The number of fused-ring (bicyclic) bond motifs is 1. The summed E-state index contributed by atoms with van der Waals surface area (Å²) in [5.41, 5.74) is 4.72. The molecule has 2 heterocycles. The molecule has 4 rings (SSSR count). The summed E-state index contributed by atoms with van der Waals surface area (Å²) in [4.78, 5) is 16.5. The van der Waals surface area contributed by atoms with Gasteiger partial charge in [-0.25, -0.2) is 13.4 Å². The predicted molar refractivity (Wildman–Crippen MR) is 122 cm³/mol. The van der Waals surface area contributed by atoms with Crippen LogP contribution in [0.15, 0.2) is 41.4 Å². The molecule has 0 saturated heterocycles. The number of nitrogens with one attached hydrogen (secondary N) is 1. The van der Waals surface area contributed by atoms with Crippen LogP contribution in [0.1, 0.15) is 49.5 Å². The molecule has 1 fully saturated rings. The Hall–Kier alpha value is -2.63. The minimum atomic E-state index is -4.78. The Kier molecular flexibility index (Phi) is 5.94. The third-order valence-corrected chi connectivity index (χ3v) is 7.91. The number of sulfonamides is 1. The first-order chi connectivity index (χ1) is 15.7. The largest absolute Gasteiger partial charge is 0.407 e. The molecule has 1 saturated carbocycles. The van der Waals surface area contributed by atoms with Crippen LogP contribution in [0.5, 0.6) is 0 Å². The number of alkyl halides is 3. The van der Waals surface area contributed by atoms with Crippen molar-refractivity contribution in [3.63, 3.8) is 0 Å². The minimum absolute atomic E-state index is 0.0666. The van der Waals surface area contributed by atoms with Crippen molar-refractivity contribution in [1.29, 1.82) is 0 Å². The highest BCUT2D eigenvalue weighted by Gasteiger charge is 2.49. The van der Waals surface area contributed by atoms with Gasteiger partial charge in [-0.2, -0.15) is 17.9 Å². The molecule has 0 spiro atoms. The van der Waals surface area contributed by atoms with Gasteiger partial charge in [-0.15, -0.1) is 0 Å². The van der Waals surface area contributed by atoms with Gasteiger partial charge in [0.25, 0.3) is 5.91 Å². The Bertz CT molecular complexity index is 1380. The molecular formula is C22H22ClF3N4O3S. The summed E-state index contributed by atoms with van der Waals surface area (Å²) in [6.07, 6.45) is -0.586. The zero-order valence-electron chi connectivity index (χ0n) is 18.3. The van der Waals surface area contributed by atoms with Gasteiger partial charge in [-0.3, -0.25) is 4.79 Å². The molecule has 12 heteroatoms. The maximum Gasteiger partial charge on any atom is 0.407 e. The van der Waals surface area contributed by atoms with Crippen LogP contribution in [0.3, 0.4) is 0 Å². The van der Waals surface area contributed by atoms with Crippen molar-refractivity contribution < 1.29 is 26.4 Å². The number of primary amides is 1. The molecule has 0 atom stereocenters. The molecular weight excluding hydrogens is 493 g/mol. The van der Waals surface area contributed by atoms with Gasteiger partial charge in [0.1, 0.15) is 11.2 Å². The molecule has 0 unspecified atom stereocenters. The van der Waals surface area contributed by atoms with Crippen molar-refractivity contribution in [1.82, 2.24) is 14.3 Å². The molecule has 34 heavy (non-hydrogen) atoms. The van der Waals surface area contributed by atoms with E-state index in [4.69, 9.17) is 17.3 Å². The van der Waals surface area contributed by atoms with Gasteiger partial charge < -0.3 is 10.3 Å². The van der Waals surface area contributed by atoms with Gasteiger partial charge in [0, 0.05) is 17.6 Å². The van der Waals surface area contributed by atoms with Crippen LogP contribution in [-0.2, 0) is 10.0 Å². The zero-order chi connectivity index (χ0) is 25.1. The van der Waals surface area contributed by atoms with Crippen LogP contribution < -0.4 is 10.5 Å². The van der Waals surface area contributed by atoms with Crippen LogP contribution in [-0.4, -0.2) is 35.6 Å². The van der Waals surface area contributed by atoms with Crippen molar-refractivity contribution in [3.05, 3.63) is 47.1 Å². The Morgan fingerprint density at radius 3 is 2.32 bits per heavy atom. The van der Waals surface area contributed by atoms with Crippen molar-refractivity contribution in [3.8, 4) is 11.3 Å². The van der Waals surface area contributed by atoms with Gasteiger partial charge in [-0.05, 0) is 56.9 Å². The van der Waals surface area contributed by atoms with Crippen LogP contribution in [0.25, 0.3) is 22.3 Å². The highest BCUT2D eigenvalue weighted by atomic mass is 35.5. The monoisotopic (exact) mass is 514 g/mol. The van der Waals surface area contributed by atoms with Crippen LogP contribution >= 0.6 is 11.6 Å². The highest BCUT2D eigenvalue weighted by molar-refractivity contribution is 7.89. The number of aromatic nitrogens is 2. The SMILES string of the molecule is CC(C)(NS(=O)(=O)c1ccc(-c2c(C(N)=O)c3cc(Cl)cnc3n2C2CCC2)cc1)C(F)(F)F. The molecule has 1 aliphatic carbocycles. The van der Waals surface area contributed by atoms with E-state index in [-0.39, 0.29) is 16.5 Å². The normalized spacial score (nSPS) is 15.5. The average molecular weight is 515 g/mol. The van der Waals surface area contributed by atoms with E-state index < -0.39 is 27.6 Å². The number of carbonyl (C=O) groups excluding carboxylic acids is 1. The molecule has 3 N–H and O–H groups in total. The maximum absolute atomic E-state index is 13.2. The lowest BCUT2D eigenvalue weighted by molar-refractivity contribution is -0.180. The van der Waals surface area contributed by atoms with Crippen molar-refractivity contribution >= 4 is 38.6 Å². The summed E-state index contributed by atoms with van der Waals surface area (Å²) < 4.78 is 68.4. The molecule has 0 radical (unpaired) electrons. The highest BCUT2D eigenvalue weighted by Crippen LogP contribution is 2.42. The lowest BCUT2D eigenvalue weighted by Crippen LogP contribution is -2.54. The molecule has 3 aromatic rings. The molecule has 2 aromatic heterocycles. The summed E-state index contributed by atoms with van der Waals surface area (Å²) in [5.74, 6) is -0.701. The van der Waals surface area contributed by atoms with E-state index in [1.54, 1.807) is 10.8 Å². The fraction of sp³-hybridized carbons (Fsp3) is 0.364. The number of nitrogens with zero attached hydrogens (tertiary/aromatic N) is 2. The topological polar surface area (TPSA) is 107 Å². The third-order valence-electron chi connectivity index (χ3n) is 6.03. The fourth-order valence-corrected chi connectivity index (χ4v) is 5.50. The lowest BCUT2D eigenvalue weighted by atomic mass is 9.92. The predicted octanol–water partition coefficient (Wildman–Crippen LogP) is 4.80. The number of pyridine rings is 1. The summed E-state index contributed by atoms with van der Waals surface area (Å²) in [7, 11) is -4.47. The first kappa shape index (κ1) is 24.5. The van der Waals surface area contributed by atoms with Crippen LogP contribution in [0, 0.1) is 0 Å². The molecule has 7 nitrogen and oxygen atoms in total. The Balaban J connectivity index is 1.83. The Morgan fingerprint density at radius 1 is 1.21 bits per heavy atom. The number of hydrogen-bond acceptors (Lipinski definition) is 4. The first-order valence-electron chi connectivity index (χ1n) is 10.4. The number of rotatable bonds is 6. The Labute approximate surface area is 199 Å². The Morgan fingerprint density at radius 2 is 1.82 bits per heavy atom. The van der Waals surface area contributed by atoms with Crippen molar-refractivity contribution in [2.45, 2.75) is 55.8 Å². The van der Waals surface area contributed by atoms with Gasteiger partial charge in [0.2, 0.25) is 10.0 Å². The number of nitrogens with two attached hydrogens (primary N) is 1. The lowest BCUT2D eigenvalue weighted by Gasteiger charge is -2.30. The zero-order valence-corrected chi connectivity index (χ0v) is 19.9. The van der Waals surface area contributed by atoms with Crippen LogP contribution in [0.4, 0.5) is 13.2 Å². The van der Waals surface area contributed by atoms with Gasteiger partial charge >= 0.3 is 6.18 Å². The van der Waals surface area contributed by atoms with Crippen molar-refractivity contribution in [2.24, 2.45) is 5.73 Å². The standard InChI is InChI=1S/C22H22ClF3N4O3S/c1-21(2,22(24,25)26)29-34(32,33)15-8-6-12(7-9-15)18-17(19(27)31)16-10-13(23)11-28-20(16)30(18)14-4-3-5-14/h6-11,14,29H,3-5H2,1-2H3,(H2,27,31). The minimum Gasteiger partial charge on any atom is -0.366 e. The van der Waals surface area contributed by atoms with E-state index in [0.29, 0.717) is 27.3 Å². The van der Waals surface area contributed by atoms with E-state index in [1.807, 2.05) is 4.57 Å². The van der Waals surface area contributed by atoms with E-state index in [0.717, 1.165) is 33.1 Å². The van der Waals surface area contributed by atoms with Gasteiger partial charge in [0.05, 0.1) is 21.2 Å². The molecule has 182 valence electrons. The van der Waals surface area contributed by atoms with E-state index in [1.165, 1.54) is 30.5 Å². The summed E-state index contributed by atoms with van der Waals surface area (Å²) in [6, 6.07) is 6.93. The van der Waals surface area contributed by atoms with Crippen molar-refractivity contribution in [2.75, 3.05) is 0 Å². The van der Waals surface area contributed by atoms with E-state index in [2.05, 4.69) is 4.98 Å². The molecule has 1 aromatic carbocycles. The fourth-order valence-electron chi connectivity index (χ4n) is 3.94. The second-order valence-electron chi connectivity index (χ2n) is 8.82. The summed E-state index contributed by atoms with van der Waals surface area (Å²) in [5, 5.41) is 0.805. The quantitative estimate of drug-likeness (QED) is 0.492. The molecule has 1 aliphatic rings. The number of amides is 1. The maximum atomic E-state index is 13.2. The summed E-state index contributed by atoms with van der Waals surface area (Å²) in [6.45, 7) is 1.49. The smallest absolute Gasteiger partial charge is 0.366 e. The number of benzene rings is 1. The number of hydrogen-bond donors (Lipinski definition) is 2. The van der Waals surface area contributed by atoms with Crippen LogP contribution in [0.2, 0.25) is 5.02 Å². The molecule has 1 amide bonds. The first-order valence-corrected chi connectivity index (χ1v) is 12.3. The van der Waals surface area contributed by atoms with Gasteiger partial charge in [-0.1, -0.05) is 23.7 Å². The third kappa shape index (κ3) is 4.16. The second-order valence-corrected chi connectivity index (χ2v) is 10.9.